The van der Waals surface area contributed by atoms with Crippen LogP contribution in [0.15, 0.2) is 36.7 Å². The van der Waals surface area contributed by atoms with Crippen LogP contribution in [0.4, 0.5) is 5.95 Å². The van der Waals surface area contributed by atoms with E-state index in [4.69, 9.17) is 0 Å². The number of tetrazole rings is 1. The minimum absolute atomic E-state index is 0.806. The Bertz CT molecular complexity index is 826. The molecule has 8 heteroatoms. The lowest BCUT2D eigenvalue weighted by molar-refractivity contribution is 0.240. The molecule has 0 aliphatic carbocycles. The van der Waals surface area contributed by atoms with E-state index in [2.05, 4.69) is 53.9 Å². The smallest absolute Gasteiger partial charge is 0.250 e. The summed E-state index contributed by atoms with van der Waals surface area (Å²) in [7, 11) is 2.04. The minimum Gasteiger partial charge on any atom is -0.337 e. The third-order valence-electron chi connectivity index (χ3n) is 4.67. The molecular weight excluding hydrogens is 316 g/mol. The number of aromatic nitrogens is 6. The highest BCUT2D eigenvalue weighted by atomic mass is 15.6. The van der Waals surface area contributed by atoms with Crippen LogP contribution in [0.1, 0.15) is 11.4 Å². The Hall–Kier alpha value is -2.74. The summed E-state index contributed by atoms with van der Waals surface area (Å²) in [5.74, 6) is 1.90. The van der Waals surface area contributed by atoms with Crippen molar-refractivity contribution < 1.29 is 0 Å². The van der Waals surface area contributed by atoms with Gasteiger partial charge in [0.05, 0.1) is 12.2 Å². The fourth-order valence-electron chi connectivity index (χ4n) is 3.09. The molecule has 0 N–H and O–H groups in total. The van der Waals surface area contributed by atoms with Gasteiger partial charge in [-0.2, -0.15) is 4.68 Å². The average molecular weight is 338 g/mol. The number of nitrogens with zero attached hydrogens (tertiary/aromatic N) is 8. The number of aryl methyl sites for hydroxylation is 2. The predicted molar refractivity (Wildman–Crippen MR) is 94.6 cm³/mol. The number of piperazine rings is 1. The number of rotatable bonds is 4. The largest absolute Gasteiger partial charge is 0.337 e. The highest BCUT2D eigenvalue weighted by molar-refractivity contribution is 5.42. The van der Waals surface area contributed by atoms with Gasteiger partial charge in [0.2, 0.25) is 5.95 Å². The number of hydrogen-bond acceptors (Lipinski definition) is 6. The first kappa shape index (κ1) is 15.8. The Labute approximate surface area is 146 Å². The van der Waals surface area contributed by atoms with Crippen LogP contribution < -0.4 is 4.90 Å². The zero-order valence-corrected chi connectivity index (χ0v) is 14.6. The first-order valence-electron chi connectivity index (χ1n) is 8.49. The van der Waals surface area contributed by atoms with Crippen LogP contribution in [0, 0.1) is 6.92 Å². The molecule has 2 aromatic heterocycles. The van der Waals surface area contributed by atoms with Gasteiger partial charge in [0, 0.05) is 45.6 Å². The van der Waals surface area contributed by atoms with Crippen LogP contribution in [0.5, 0.6) is 0 Å². The van der Waals surface area contributed by atoms with Gasteiger partial charge in [0.15, 0.2) is 0 Å². The van der Waals surface area contributed by atoms with Crippen molar-refractivity contribution in [1.82, 2.24) is 34.7 Å². The maximum Gasteiger partial charge on any atom is 0.250 e. The van der Waals surface area contributed by atoms with Crippen LogP contribution in [-0.4, -0.2) is 60.8 Å². The summed E-state index contributed by atoms with van der Waals surface area (Å²) < 4.78 is 3.89. The molecule has 3 heterocycles. The van der Waals surface area contributed by atoms with E-state index in [0.717, 1.165) is 50.2 Å². The van der Waals surface area contributed by atoms with E-state index in [1.54, 1.807) is 0 Å². The van der Waals surface area contributed by atoms with E-state index in [0.29, 0.717) is 0 Å². The fourth-order valence-corrected chi connectivity index (χ4v) is 3.09. The zero-order valence-electron chi connectivity index (χ0n) is 14.6. The van der Waals surface area contributed by atoms with Crippen LogP contribution in [0.3, 0.4) is 0 Å². The highest BCUT2D eigenvalue weighted by Gasteiger charge is 2.22. The van der Waals surface area contributed by atoms with Crippen molar-refractivity contribution in [3.63, 3.8) is 0 Å². The summed E-state index contributed by atoms with van der Waals surface area (Å²) in [5.41, 5.74) is 2.21. The van der Waals surface area contributed by atoms with E-state index in [-0.39, 0.29) is 0 Å². The minimum atomic E-state index is 0.806. The number of hydrogen-bond donors (Lipinski definition) is 0. The zero-order chi connectivity index (χ0) is 17.2. The molecule has 0 bridgehead atoms. The van der Waals surface area contributed by atoms with Gasteiger partial charge < -0.3 is 9.47 Å². The molecule has 0 unspecified atom stereocenters. The molecule has 0 atom stereocenters. The Kier molecular flexibility index (Phi) is 4.19. The summed E-state index contributed by atoms with van der Waals surface area (Å²) in [6.07, 6.45) is 3.84. The second-order valence-electron chi connectivity index (χ2n) is 6.44. The maximum atomic E-state index is 4.41. The molecule has 3 aromatic rings. The average Bonchev–Trinajstić information content (AvgIpc) is 3.26. The van der Waals surface area contributed by atoms with Crippen LogP contribution in [-0.2, 0) is 13.6 Å². The van der Waals surface area contributed by atoms with E-state index in [1.165, 1.54) is 5.56 Å². The van der Waals surface area contributed by atoms with Crippen molar-refractivity contribution in [2.45, 2.75) is 13.5 Å². The number of anilines is 1. The number of imidazole rings is 1. The molecule has 1 aliphatic heterocycles. The van der Waals surface area contributed by atoms with Crippen molar-refractivity contribution in [2.75, 3.05) is 31.1 Å². The van der Waals surface area contributed by atoms with Crippen molar-refractivity contribution in [2.24, 2.45) is 7.05 Å². The fraction of sp³-hybridized carbons (Fsp3) is 0.412. The van der Waals surface area contributed by atoms with Gasteiger partial charge in [-0.1, -0.05) is 22.8 Å². The lowest BCUT2D eigenvalue weighted by atomic mass is 10.2. The molecule has 0 saturated carbocycles. The summed E-state index contributed by atoms with van der Waals surface area (Å²) >= 11 is 0. The molecule has 1 fully saturated rings. The molecule has 8 nitrogen and oxygen atoms in total. The van der Waals surface area contributed by atoms with E-state index < -0.39 is 0 Å². The lowest BCUT2D eigenvalue weighted by Gasteiger charge is -2.34. The Morgan fingerprint density at radius 1 is 1.04 bits per heavy atom. The third kappa shape index (κ3) is 3.25. The normalized spacial score (nSPS) is 15.7. The van der Waals surface area contributed by atoms with Crippen molar-refractivity contribution in [1.29, 1.82) is 0 Å². The molecule has 0 radical (unpaired) electrons. The summed E-state index contributed by atoms with van der Waals surface area (Å²) in [6, 6.07) is 8.25. The van der Waals surface area contributed by atoms with Crippen LogP contribution in [0.2, 0.25) is 0 Å². The molecule has 0 spiro atoms. The number of benzene rings is 1. The molecule has 130 valence electrons. The van der Waals surface area contributed by atoms with Crippen LogP contribution >= 0.6 is 0 Å². The van der Waals surface area contributed by atoms with Crippen molar-refractivity contribution in [3.05, 3.63) is 48.0 Å². The topological polar surface area (TPSA) is 67.9 Å². The summed E-state index contributed by atoms with van der Waals surface area (Å²) in [4.78, 5) is 9.07. The first-order chi connectivity index (χ1) is 12.2. The molecular formula is C17H22N8. The van der Waals surface area contributed by atoms with Gasteiger partial charge in [-0.3, -0.25) is 4.90 Å². The van der Waals surface area contributed by atoms with Crippen molar-refractivity contribution in [3.8, 4) is 5.69 Å². The molecule has 4 rings (SSSR count). The Morgan fingerprint density at radius 2 is 1.80 bits per heavy atom. The molecule has 25 heavy (non-hydrogen) atoms. The van der Waals surface area contributed by atoms with E-state index in [9.17, 15) is 0 Å². The lowest BCUT2D eigenvalue weighted by Crippen LogP contribution is -2.47. The standard InChI is InChI=1S/C17H22N8/c1-14-3-5-15(6-4-14)25-17(19-20-21-25)24-11-9-23(10-12-24)13-16-18-7-8-22(16)2/h3-8H,9-13H2,1-2H3. The summed E-state index contributed by atoms with van der Waals surface area (Å²) in [6.45, 7) is 6.68. The second-order valence-corrected chi connectivity index (χ2v) is 6.44. The van der Waals surface area contributed by atoms with E-state index in [1.807, 2.05) is 36.3 Å². The molecule has 1 aliphatic rings. The highest BCUT2D eigenvalue weighted by Crippen LogP contribution is 2.18. The third-order valence-corrected chi connectivity index (χ3v) is 4.67. The first-order valence-corrected chi connectivity index (χ1v) is 8.49. The summed E-state index contributed by atoms with van der Waals surface area (Å²) in [5, 5.41) is 12.3. The molecule has 0 amide bonds. The van der Waals surface area contributed by atoms with Crippen molar-refractivity contribution >= 4 is 5.95 Å². The Balaban J connectivity index is 1.44. The molecule has 1 aromatic carbocycles. The van der Waals surface area contributed by atoms with Gasteiger partial charge in [-0.25, -0.2) is 4.98 Å². The Morgan fingerprint density at radius 3 is 2.48 bits per heavy atom. The predicted octanol–water partition coefficient (Wildman–Crippen LogP) is 1.03. The molecule has 1 saturated heterocycles. The quantitative estimate of drug-likeness (QED) is 0.708. The van der Waals surface area contributed by atoms with Gasteiger partial charge in [0.1, 0.15) is 5.82 Å². The monoisotopic (exact) mass is 338 g/mol. The van der Waals surface area contributed by atoms with Gasteiger partial charge >= 0.3 is 0 Å². The maximum absolute atomic E-state index is 4.41. The van der Waals surface area contributed by atoms with Gasteiger partial charge in [-0.15, -0.1) is 0 Å². The SMILES string of the molecule is Cc1ccc(-n2nnnc2N2CCN(Cc3nccn3C)CC2)cc1. The van der Waals surface area contributed by atoms with Crippen LogP contribution in [0.25, 0.3) is 5.69 Å². The second kappa shape index (κ2) is 6.64. The van der Waals surface area contributed by atoms with E-state index >= 15 is 0 Å². The van der Waals surface area contributed by atoms with Gasteiger partial charge in [-0.05, 0) is 29.5 Å². The van der Waals surface area contributed by atoms with Gasteiger partial charge in [0.25, 0.3) is 0 Å².